The Morgan fingerprint density at radius 3 is 2.78 bits per heavy atom. The van der Waals surface area contributed by atoms with Gasteiger partial charge in [-0.05, 0) is 25.3 Å². The van der Waals surface area contributed by atoms with Crippen molar-refractivity contribution in [3.8, 4) is 0 Å². The molecule has 0 spiro atoms. The number of hydrogen-bond acceptors (Lipinski definition) is 4. The molecule has 2 N–H and O–H groups in total. The van der Waals surface area contributed by atoms with Crippen LogP contribution in [0.4, 0.5) is 4.79 Å². The van der Waals surface area contributed by atoms with Crippen molar-refractivity contribution in [3.63, 3.8) is 0 Å². The fourth-order valence-corrected chi connectivity index (χ4v) is 2.60. The smallest absolute Gasteiger partial charge is 0.409 e. The van der Waals surface area contributed by atoms with Crippen molar-refractivity contribution < 1.29 is 9.53 Å². The maximum absolute atomic E-state index is 11.5. The van der Waals surface area contributed by atoms with Gasteiger partial charge in [0, 0.05) is 38.9 Å². The summed E-state index contributed by atoms with van der Waals surface area (Å²) in [5.41, 5.74) is 1.16. The van der Waals surface area contributed by atoms with Crippen LogP contribution in [0.3, 0.4) is 0 Å². The molecule has 2 heterocycles. The van der Waals surface area contributed by atoms with Gasteiger partial charge in [-0.15, -0.1) is 0 Å². The number of nitrogens with zero attached hydrogens (tertiary/aromatic N) is 4. The molecule has 1 saturated heterocycles. The highest BCUT2D eigenvalue weighted by atomic mass is 16.5. The Bertz CT molecular complexity index is 534. The van der Waals surface area contributed by atoms with Crippen LogP contribution in [0, 0.1) is 6.92 Å². The van der Waals surface area contributed by atoms with Crippen LogP contribution in [0.25, 0.3) is 0 Å². The summed E-state index contributed by atoms with van der Waals surface area (Å²) >= 11 is 0. The van der Waals surface area contributed by atoms with Gasteiger partial charge in [0.05, 0.1) is 19.9 Å². The van der Waals surface area contributed by atoms with Gasteiger partial charge < -0.3 is 20.3 Å². The summed E-state index contributed by atoms with van der Waals surface area (Å²) in [5.74, 6) is 0.783. The Balaban J connectivity index is 1.70. The fraction of sp³-hybridized carbons (Fsp3) is 0.667. The van der Waals surface area contributed by atoms with Gasteiger partial charge in [0.15, 0.2) is 5.96 Å². The Kier molecular flexibility index (Phi) is 6.25. The van der Waals surface area contributed by atoms with Crippen molar-refractivity contribution in [2.45, 2.75) is 32.4 Å². The topological polar surface area (TPSA) is 83.8 Å². The Morgan fingerprint density at radius 2 is 2.22 bits per heavy atom. The molecule has 8 heteroatoms. The fourth-order valence-electron chi connectivity index (χ4n) is 2.60. The summed E-state index contributed by atoms with van der Waals surface area (Å²) in [6.07, 6.45) is 5.38. The quantitative estimate of drug-likeness (QED) is 0.626. The van der Waals surface area contributed by atoms with Crippen molar-refractivity contribution in [2.24, 2.45) is 4.99 Å². The first-order valence-electron chi connectivity index (χ1n) is 7.91. The molecule has 128 valence electrons. The minimum atomic E-state index is -0.250. The highest BCUT2D eigenvalue weighted by Gasteiger charge is 2.23. The van der Waals surface area contributed by atoms with Gasteiger partial charge in [-0.2, -0.15) is 5.10 Å². The van der Waals surface area contributed by atoms with Crippen LogP contribution < -0.4 is 10.6 Å². The minimum Gasteiger partial charge on any atom is -0.453 e. The molecule has 1 fully saturated rings. The second-order valence-corrected chi connectivity index (χ2v) is 5.66. The zero-order chi connectivity index (χ0) is 16.7. The monoisotopic (exact) mass is 322 g/mol. The van der Waals surface area contributed by atoms with Crippen molar-refractivity contribution >= 4 is 12.1 Å². The largest absolute Gasteiger partial charge is 0.453 e. The van der Waals surface area contributed by atoms with Crippen LogP contribution in [0.1, 0.15) is 18.4 Å². The first-order valence-corrected chi connectivity index (χ1v) is 7.91. The van der Waals surface area contributed by atoms with E-state index in [0.29, 0.717) is 19.1 Å². The molecule has 2 rings (SSSR count). The predicted molar refractivity (Wildman–Crippen MR) is 88.5 cm³/mol. The molecule has 0 radical (unpaired) electrons. The van der Waals surface area contributed by atoms with Crippen molar-refractivity contribution in [1.82, 2.24) is 25.3 Å². The molecule has 0 saturated carbocycles. The van der Waals surface area contributed by atoms with E-state index >= 15 is 0 Å². The average Bonchev–Trinajstić information content (AvgIpc) is 2.99. The summed E-state index contributed by atoms with van der Waals surface area (Å²) in [4.78, 5) is 17.4. The van der Waals surface area contributed by atoms with Gasteiger partial charge >= 0.3 is 6.09 Å². The third kappa shape index (κ3) is 5.15. The molecule has 1 amide bonds. The zero-order valence-electron chi connectivity index (χ0n) is 14.1. The number of rotatable bonds is 4. The van der Waals surface area contributed by atoms with Crippen LogP contribution in [0.2, 0.25) is 0 Å². The van der Waals surface area contributed by atoms with E-state index in [-0.39, 0.29) is 6.09 Å². The number of likely N-dealkylation sites (tertiary alicyclic amines) is 1. The van der Waals surface area contributed by atoms with E-state index < -0.39 is 0 Å². The molecule has 8 nitrogen and oxygen atoms in total. The molecule has 1 aliphatic heterocycles. The second-order valence-electron chi connectivity index (χ2n) is 5.66. The molecular weight excluding hydrogens is 296 g/mol. The normalized spacial score (nSPS) is 16.3. The number of amides is 1. The van der Waals surface area contributed by atoms with E-state index in [1.54, 1.807) is 11.9 Å². The van der Waals surface area contributed by atoms with Crippen molar-refractivity contribution in [1.29, 1.82) is 0 Å². The summed E-state index contributed by atoms with van der Waals surface area (Å²) < 4.78 is 6.65. The number of ether oxygens (including phenoxy) is 1. The summed E-state index contributed by atoms with van der Waals surface area (Å²) in [6.45, 7) is 4.97. The van der Waals surface area contributed by atoms with Crippen molar-refractivity contribution in [3.05, 3.63) is 18.0 Å². The number of aliphatic imine (C=N–C) groups is 1. The summed E-state index contributed by atoms with van der Waals surface area (Å²) in [5, 5.41) is 11.0. The maximum atomic E-state index is 11.5. The van der Waals surface area contributed by atoms with E-state index in [1.807, 2.05) is 24.0 Å². The average molecular weight is 322 g/mol. The Morgan fingerprint density at radius 1 is 1.48 bits per heavy atom. The van der Waals surface area contributed by atoms with E-state index in [4.69, 9.17) is 4.74 Å². The number of carbonyl (C=O) groups is 1. The molecular formula is C15H26N6O2. The third-order valence-electron chi connectivity index (χ3n) is 3.89. The predicted octanol–water partition coefficient (Wildman–Crippen LogP) is 0.587. The molecule has 1 aliphatic rings. The first-order chi connectivity index (χ1) is 11.1. The third-order valence-corrected chi connectivity index (χ3v) is 3.89. The molecule has 0 aliphatic carbocycles. The van der Waals surface area contributed by atoms with E-state index in [9.17, 15) is 4.79 Å². The molecule has 0 aromatic carbocycles. The number of guanidine groups is 1. The molecule has 0 unspecified atom stereocenters. The Labute approximate surface area is 136 Å². The van der Waals surface area contributed by atoms with Crippen LogP contribution in [-0.4, -0.2) is 66.6 Å². The van der Waals surface area contributed by atoms with Crippen LogP contribution in [0.5, 0.6) is 0 Å². The van der Waals surface area contributed by atoms with E-state index in [2.05, 4.69) is 20.7 Å². The second kappa shape index (κ2) is 8.40. The molecule has 0 bridgehead atoms. The van der Waals surface area contributed by atoms with Gasteiger partial charge in [-0.3, -0.25) is 9.67 Å². The lowest BCUT2D eigenvalue weighted by Crippen LogP contribution is -2.50. The van der Waals surface area contributed by atoms with Gasteiger partial charge in [0.25, 0.3) is 0 Å². The minimum absolute atomic E-state index is 0.250. The number of aryl methyl sites for hydroxylation is 1. The SMILES string of the molecule is CN=C(NCCn1cc(C)cn1)NC1CCN(C(=O)OC)CC1. The lowest BCUT2D eigenvalue weighted by atomic mass is 10.1. The molecule has 1 aromatic rings. The van der Waals surface area contributed by atoms with E-state index in [1.165, 1.54) is 7.11 Å². The zero-order valence-corrected chi connectivity index (χ0v) is 14.1. The molecule has 23 heavy (non-hydrogen) atoms. The number of nitrogens with one attached hydrogen (secondary N) is 2. The highest BCUT2D eigenvalue weighted by molar-refractivity contribution is 5.80. The Hall–Kier alpha value is -2.25. The van der Waals surface area contributed by atoms with Crippen LogP contribution >= 0.6 is 0 Å². The number of hydrogen-bond donors (Lipinski definition) is 2. The first kappa shape index (κ1) is 17.1. The maximum Gasteiger partial charge on any atom is 0.409 e. The van der Waals surface area contributed by atoms with E-state index in [0.717, 1.165) is 37.5 Å². The summed E-state index contributed by atoms with van der Waals surface area (Å²) in [6, 6.07) is 0.314. The number of carbonyl (C=O) groups excluding carboxylic acids is 1. The van der Waals surface area contributed by atoms with Crippen LogP contribution in [-0.2, 0) is 11.3 Å². The number of methoxy groups -OCH3 is 1. The van der Waals surface area contributed by atoms with Crippen molar-refractivity contribution in [2.75, 3.05) is 33.8 Å². The lowest BCUT2D eigenvalue weighted by molar-refractivity contribution is 0.111. The number of aromatic nitrogens is 2. The van der Waals surface area contributed by atoms with Gasteiger partial charge in [0.2, 0.25) is 0 Å². The standard InChI is InChI=1S/C15H26N6O2/c1-12-10-18-21(11-12)9-6-17-14(16-2)19-13-4-7-20(8-5-13)15(22)23-3/h10-11,13H,4-9H2,1-3H3,(H2,16,17,19). The molecule has 0 atom stereocenters. The van der Waals surface area contributed by atoms with Gasteiger partial charge in [-0.25, -0.2) is 4.79 Å². The lowest BCUT2D eigenvalue weighted by Gasteiger charge is -2.32. The van der Waals surface area contributed by atoms with Crippen LogP contribution in [0.15, 0.2) is 17.4 Å². The number of piperidine rings is 1. The van der Waals surface area contributed by atoms with Gasteiger partial charge in [0.1, 0.15) is 0 Å². The molecule has 1 aromatic heterocycles. The summed E-state index contributed by atoms with van der Waals surface area (Å²) in [7, 11) is 3.18. The highest BCUT2D eigenvalue weighted by Crippen LogP contribution is 2.11. The van der Waals surface area contributed by atoms with Gasteiger partial charge in [-0.1, -0.05) is 0 Å².